The molecule has 0 spiro atoms. The zero-order valence-electron chi connectivity index (χ0n) is 11.6. The number of amides is 2. The third kappa shape index (κ3) is 2.91. The van der Waals surface area contributed by atoms with Crippen LogP contribution in [0.25, 0.3) is 0 Å². The van der Waals surface area contributed by atoms with Crippen molar-refractivity contribution in [3.63, 3.8) is 0 Å². The van der Waals surface area contributed by atoms with Crippen LogP contribution in [0.2, 0.25) is 0 Å². The van der Waals surface area contributed by atoms with Crippen LogP contribution in [-0.2, 0) is 11.2 Å². The average molecular weight is 281 g/mol. The number of rotatable bonds is 2. The van der Waals surface area contributed by atoms with Crippen molar-refractivity contribution in [1.29, 1.82) is 0 Å². The Hall–Kier alpha value is -2.69. The third-order valence-corrected chi connectivity index (χ3v) is 3.40. The van der Waals surface area contributed by atoms with Crippen molar-refractivity contribution in [3.8, 4) is 0 Å². The van der Waals surface area contributed by atoms with Gasteiger partial charge in [0.2, 0.25) is 5.91 Å². The molecule has 0 saturated carbocycles. The lowest BCUT2D eigenvalue weighted by Gasteiger charge is -2.17. The van der Waals surface area contributed by atoms with Crippen molar-refractivity contribution >= 4 is 23.2 Å². The van der Waals surface area contributed by atoms with Gasteiger partial charge >= 0.3 is 0 Å². The number of nitrogens with one attached hydrogen (secondary N) is 2. The van der Waals surface area contributed by atoms with Gasteiger partial charge in [-0.1, -0.05) is 0 Å². The highest BCUT2D eigenvalue weighted by molar-refractivity contribution is 6.05. The molecular formula is C16H15N3O2. The number of hydrogen-bond acceptors (Lipinski definition) is 3. The summed E-state index contributed by atoms with van der Waals surface area (Å²) in [7, 11) is 0. The van der Waals surface area contributed by atoms with Crippen LogP contribution >= 0.6 is 0 Å². The summed E-state index contributed by atoms with van der Waals surface area (Å²) in [5.41, 5.74) is 4.02. The van der Waals surface area contributed by atoms with Crippen LogP contribution in [0.4, 0.5) is 11.4 Å². The van der Waals surface area contributed by atoms with E-state index in [4.69, 9.17) is 0 Å². The summed E-state index contributed by atoms with van der Waals surface area (Å²) in [5, 5.41) is 5.63. The van der Waals surface area contributed by atoms with Gasteiger partial charge < -0.3 is 10.6 Å². The van der Waals surface area contributed by atoms with Gasteiger partial charge in [0.1, 0.15) is 0 Å². The monoisotopic (exact) mass is 281 g/mol. The fourth-order valence-electron chi connectivity index (χ4n) is 2.35. The summed E-state index contributed by atoms with van der Waals surface area (Å²) in [6.07, 6.45) is 4.47. The number of carbonyl (C=O) groups is 2. The number of aromatic nitrogens is 1. The Balaban J connectivity index is 1.81. The van der Waals surface area contributed by atoms with Crippen molar-refractivity contribution in [2.45, 2.75) is 19.8 Å². The molecule has 106 valence electrons. The lowest BCUT2D eigenvalue weighted by Crippen LogP contribution is -2.20. The second-order valence-corrected chi connectivity index (χ2v) is 5.13. The molecule has 3 rings (SSSR count). The molecule has 0 unspecified atom stereocenters. The summed E-state index contributed by atoms with van der Waals surface area (Å²) in [6.45, 7) is 1.92. The number of anilines is 2. The van der Waals surface area contributed by atoms with Gasteiger partial charge in [-0.2, -0.15) is 0 Å². The van der Waals surface area contributed by atoms with Crippen LogP contribution in [0.1, 0.15) is 27.9 Å². The second kappa shape index (κ2) is 5.36. The SMILES string of the molecule is Cc1cncc(NC(=O)c2ccc3c(c2)CCC(=O)N3)c1. The molecule has 1 aliphatic heterocycles. The molecule has 0 atom stereocenters. The maximum Gasteiger partial charge on any atom is 0.255 e. The Morgan fingerprint density at radius 3 is 2.90 bits per heavy atom. The molecule has 0 aliphatic carbocycles. The zero-order chi connectivity index (χ0) is 14.8. The largest absolute Gasteiger partial charge is 0.326 e. The van der Waals surface area contributed by atoms with Crippen molar-refractivity contribution < 1.29 is 9.59 Å². The fraction of sp³-hybridized carbons (Fsp3) is 0.188. The Labute approximate surface area is 122 Å². The Morgan fingerprint density at radius 2 is 2.10 bits per heavy atom. The van der Waals surface area contributed by atoms with E-state index in [0.717, 1.165) is 16.8 Å². The molecule has 2 heterocycles. The van der Waals surface area contributed by atoms with Gasteiger partial charge in [0.15, 0.2) is 0 Å². The zero-order valence-corrected chi connectivity index (χ0v) is 11.6. The Bertz CT molecular complexity index is 725. The fourth-order valence-corrected chi connectivity index (χ4v) is 2.35. The first-order chi connectivity index (χ1) is 10.1. The van der Waals surface area contributed by atoms with Crippen molar-refractivity contribution in [2.24, 2.45) is 0 Å². The topological polar surface area (TPSA) is 71.1 Å². The molecule has 1 aliphatic rings. The van der Waals surface area contributed by atoms with Crippen LogP contribution in [0.15, 0.2) is 36.7 Å². The highest BCUT2D eigenvalue weighted by Crippen LogP contribution is 2.24. The summed E-state index contributed by atoms with van der Waals surface area (Å²) in [5.74, 6) is -0.160. The van der Waals surface area contributed by atoms with Crippen LogP contribution in [0, 0.1) is 6.92 Å². The Morgan fingerprint density at radius 1 is 1.24 bits per heavy atom. The summed E-state index contributed by atoms with van der Waals surface area (Å²) in [4.78, 5) is 27.6. The molecule has 2 N–H and O–H groups in total. The number of nitrogens with zero attached hydrogens (tertiary/aromatic N) is 1. The normalized spacial score (nSPS) is 13.3. The van der Waals surface area contributed by atoms with Crippen LogP contribution in [0.5, 0.6) is 0 Å². The number of benzene rings is 1. The molecule has 2 aromatic rings. The molecule has 1 aromatic carbocycles. The van der Waals surface area contributed by atoms with Crippen molar-refractivity contribution in [2.75, 3.05) is 10.6 Å². The molecule has 5 nitrogen and oxygen atoms in total. The van der Waals surface area contributed by atoms with E-state index in [1.54, 1.807) is 24.5 Å². The first kappa shape index (κ1) is 13.3. The number of hydrogen-bond donors (Lipinski definition) is 2. The van der Waals surface area contributed by atoms with Gasteiger partial charge in [-0.05, 0) is 48.7 Å². The molecule has 0 saturated heterocycles. The number of aryl methyl sites for hydroxylation is 2. The minimum absolute atomic E-state index is 0.0190. The maximum absolute atomic E-state index is 12.2. The third-order valence-electron chi connectivity index (χ3n) is 3.40. The van der Waals surface area contributed by atoms with Gasteiger partial charge in [-0.3, -0.25) is 14.6 Å². The van der Waals surface area contributed by atoms with Crippen LogP contribution in [-0.4, -0.2) is 16.8 Å². The average Bonchev–Trinajstić information content (AvgIpc) is 2.46. The lowest BCUT2D eigenvalue weighted by atomic mass is 10.00. The first-order valence-electron chi connectivity index (χ1n) is 6.77. The summed E-state index contributed by atoms with van der Waals surface area (Å²) in [6, 6.07) is 7.18. The standard InChI is InChI=1S/C16H15N3O2/c1-10-6-13(9-17-8-10)18-16(21)12-2-4-14-11(7-12)3-5-15(20)19-14/h2,4,6-9H,3,5H2,1H3,(H,18,21)(H,19,20). The van der Waals surface area contributed by atoms with E-state index < -0.39 is 0 Å². The van der Waals surface area contributed by atoms with E-state index in [0.29, 0.717) is 24.1 Å². The van der Waals surface area contributed by atoms with E-state index in [2.05, 4.69) is 15.6 Å². The number of pyridine rings is 1. The second-order valence-electron chi connectivity index (χ2n) is 5.13. The van der Waals surface area contributed by atoms with Crippen molar-refractivity contribution in [1.82, 2.24) is 4.98 Å². The van der Waals surface area contributed by atoms with Crippen LogP contribution in [0.3, 0.4) is 0 Å². The highest BCUT2D eigenvalue weighted by atomic mass is 16.2. The van der Waals surface area contributed by atoms with E-state index in [1.807, 2.05) is 19.1 Å². The predicted molar refractivity (Wildman–Crippen MR) is 80.3 cm³/mol. The van der Waals surface area contributed by atoms with E-state index in [9.17, 15) is 9.59 Å². The number of carbonyl (C=O) groups excluding carboxylic acids is 2. The minimum Gasteiger partial charge on any atom is -0.326 e. The molecule has 2 amide bonds. The number of fused-ring (bicyclic) bond motifs is 1. The summed E-state index contributed by atoms with van der Waals surface area (Å²) >= 11 is 0. The van der Waals surface area contributed by atoms with E-state index >= 15 is 0 Å². The molecular weight excluding hydrogens is 266 g/mol. The Kier molecular flexibility index (Phi) is 3.39. The van der Waals surface area contributed by atoms with Crippen molar-refractivity contribution in [3.05, 3.63) is 53.3 Å². The minimum atomic E-state index is -0.179. The van der Waals surface area contributed by atoms with Gasteiger partial charge in [0.05, 0.1) is 11.9 Å². The molecule has 5 heteroatoms. The molecule has 1 aromatic heterocycles. The van der Waals surface area contributed by atoms with Gasteiger partial charge in [0, 0.05) is 23.9 Å². The van der Waals surface area contributed by atoms with E-state index in [-0.39, 0.29) is 11.8 Å². The van der Waals surface area contributed by atoms with Gasteiger partial charge in [-0.15, -0.1) is 0 Å². The van der Waals surface area contributed by atoms with E-state index in [1.165, 1.54) is 0 Å². The highest BCUT2D eigenvalue weighted by Gasteiger charge is 2.16. The smallest absolute Gasteiger partial charge is 0.255 e. The van der Waals surface area contributed by atoms with Gasteiger partial charge in [-0.25, -0.2) is 0 Å². The summed E-state index contributed by atoms with van der Waals surface area (Å²) < 4.78 is 0. The first-order valence-corrected chi connectivity index (χ1v) is 6.77. The lowest BCUT2D eigenvalue weighted by molar-refractivity contribution is -0.116. The van der Waals surface area contributed by atoms with Crippen LogP contribution < -0.4 is 10.6 Å². The molecule has 21 heavy (non-hydrogen) atoms. The molecule has 0 fully saturated rings. The predicted octanol–water partition coefficient (Wildman–Crippen LogP) is 2.53. The molecule has 0 bridgehead atoms. The maximum atomic E-state index is 12.2. The quantitative estimate of drug-likeness (QED) is 0.888. The molecule has 0 radical (unpaired) electrons. The van der Waals surface area contributed by atoms with Gasteiger partial charge in [0.25, 0.3) is 5.91 Å².